The first-order valence-electron chi connectivity index (χ1n) is 3.33. The molecule has 1 heteroatoms. The Morgan fingerprint density at radius 3 is 2.44 bits per heavy atom. The van der Waals surface area contributed by atoms with Crippen LogP contribution in [0, 0.1) is 0 Å². The van der Waals surface area contributed by atoms with E-state index in [0.717, 1.165) is 12.8 Å². The second-order valence-corrected chi connectivity index (χ2v) is 1.81. The molecule has 0 rings (SSSR count). The molecule has 0 radical (unpaired) electrons. The average molecular weight is 128 g/mol. The molecule has 0 spiro atoms. The van der Waals surface area contributed by atoms with Crippen molar-refractivity contribution in [3.63, 3.8) is 0 Å². The van der Waals surface area contributed by atoms with E-state index in [0.29, 0.717) is 0 Å². The molecule has 0 aromatic heterocycles. The minimum absolute atomic E-state index is 0.126. The average Bonchev–Trinajstić information content (AvgIpc) is 1.85. The SMILES string of the molecule is CC/C=C\C(F)=C\CC. The second-order valence-electron chi connectivity index (χ2n) is 1.81. The van der Waals surface area contributed by atoms with E-state index in [1.54, 1.807) is 6.08 Å². The number of halogens is 1. The maximum Gasteiger partial charge on any atom is 0.118 e. The van der Waals surface area contributed by atoms with Crippen molar-refractivity contribution in [1.82, 2.24) is 0 Å². The van der Waals surface area contributed by atoms with Gasteiger partial charge in [-0.25, -0.2) is 4.39 Å². The maximum absolute atomic E-state index is 12.4. The van der Waals surface area contributed by atoms with Crippen molar-refractivity contribution in [3.05, 3.63) is 24.1 Å². The monoisotopic (exact) mass is 128 g/mol. The highest BCUT2D eigenvalue weighted by molar-refractivity contribution is 5.09. The molecule has 0 bridgehead atoms. The summed E-state index contributed by atoms with van der Waals surface area (Å²) in [6, 6.07) is 0. The first kappa shape index (κ1) is 8.41. The molecular formula is C8H13F. The van der Waals surface area contributed by atoms with Crippen molar-refractivity contribution < 1.29 is 4.39 Å². The van der Waals surface area contributed by atoms with Gasteiger partial charge in [0.05, 0.1) is 0 Å². The summed E-state index contributed by atoms with van der Waals surface area (Å²) in [5.41, 5.74) is 0. The zero-order chi connectivity index (χ0) is 7.11. The molecule has 0 fully saturated rings. The fourth-order valence-electron chi connectivity index (χ4n) is 0.493. The molecule has 9 heavy (non-hydrogen) atoms. The summed E-state index contributed by atoms with van der Waals surface area (Å²) >= 11 is 0. The topological polar surface area (TPSA) is 0 Å². The van der Waals surface area contributed by atoms with Crippen LogP contribution in [0.3, 0.4) is 0 Å². The van der Waals surface area contributed by atoms with E-state index in [2.05, 4.69) is 0 Å². The first-order valence-corrected chi connectivity index (χ1v) is 3.33. The van der Waals surface area contributed by atoms with Crippen LogP contribution in [0.5, 0.6) is 0 Å². The molecule has 0 aliphatic rings. The Morgan fingerprint density at radius 1 is 1.33 bits per heavy atom. The van der Waals surface area contributed by atoms with Crippen LogP contribution in [0.1, 0.15) is 26.7 Å². The van der Waals surface area contributed by atoms with Gasteiger partial charge in [-0.3, -0.25) is 0 Å². The summed E-state index contributed by atoms with van der Waals surface area (Å²) < 4.78 is 12.4. The summed E-state index contributed by atoms with van der Waals surface area (Å²) in [7, 11) is 0. The van der Waals surface area contributed by atoms with E-state index in [4.69, 9.17) is 0 Å². The van der Waals surface area contributed by atoms with Crippen molar-refractivity contribution >= 4 is 0 Å². The van der Waals surface area contributed by atoms with Gasteiger partial charge in [-0.15, -0.1) is 0 Å². The van der Waals surface area contributed by atoms with Gasteiger partial charge in [0, 0.05) is 0 Å². The van der Waals surface area contributed by atoms with Crippen molar-refractivity contribution in [2.24, 2.45) is 0 Å². The molecule has 0 atom stereocenters. The molecule has 0 amide bonds. The lowest BCUT2D eigenvalue weighted by Gasteiger charge is -1.82. The Hall–Kier alpha value is -0.590. The van der Waals surface area contributed by atoms with Crippen LogP contribution < -0.4 is 0 Å². The Bertz CT molecular complexity index is 112. The Balaban J connectivity index is 3.60. The molecule has 0 heterocycles. The number of rotatable bonds is 3. The van der Waals surface area contributed by atoms with Gasteiger partial charge >= 0.3 is 0 Å². The largest absolute Gasteiger partial charge is 0.207 e. The molecule has 0 aliphatic heterocycles. The van der Waals surface area contributed by atoms with Crippen LogP contribution in [-0.4, -0.2) is 0 Å². The minimum atomic E-state index is -0.126. The summed E-state index contributed by atoms with van der Waals surface area (Å²) in [5, 5.41) is 0. The van der Waals surface area contributed by atoms with Crippen LogP contribution in [0.2, 0.25) is 0 Å². The third-order valence-corrected chi connectivity index (χ3v) is 0.912. The maximum atomic E-state index is 12.4. The summed E-state index contributed by atoms with van der Waals surface area (Å²) in [6.45, 7) is 3.90. The van der Waals surface area contributed by atoms with Crippen LogP contribution in [0.4, 0.5) is 4.39 Å². The lowest BCUT2D eigenvalue weighted by Crippen LogP contribution is -1.63. The van der Waals surface area contributed by atoms with Crippen LogP contribution >= 0.6 is 0 Å². The summed E-state index contributed by atoms with van der Waals surface area (Å²) in [6.07, 6.45) is 6.53. The van der Waals surface area contributed by atoms with Gasteiger partial charge in [-0.2, -0.15) is 0 Å². The van der Waals surface area contributed by atoms with E-state index < -0.39 is 0 Å². The van der Waals surface area contributed by atoms with Gasteiger partial charge in [-0.05, 0) is 25.0 Å². The third-order valence-electron chi connectivity index (χ3n) is 0.912. The summed E-state index contributed by atoms with van der Waals surface area (Å²) in [4.78, 5) is 0. The van der Waals surface area contributed by atoms with Crippen LogP contribution in [0.25, 0.3) is 0 Å². The Morgan fingerprint density at radius 2 is 2.00 bits per heavy atom. The fourth-order valence-corrected chi connectivity index (χ4v) is 0.493. The highest BCUT2D eigenvalue weighted by Crippen LogP contribution is 2.00. The predicted molar refractivity (Wildman–Crippen MR) is 38.9 cm³/mol. The molecule has 0 unspecified atom stereocenters. The highest BCUT2D eigenvalue weighted by atomic mass is 19.1. The van der Waals surface area contributed by atoms with Crippen molar-refractivity contribution in [2.75, 3.05) is 0 Å². The zero-order valence-electron chi connectivity index (χ0n) is 6.02. The number of allylic oxidation sites excluding steroid dienone is 4. The van der Waals surface area contributed by atoms with Gasteiger partial charge < -0.3 is 0 Å². The van der Waals surface area contributed by atoms with E-state index in [1.807, 2.05) is 19.9 Å². The standard InChI is InChI=1S/C8H13F/c1-3-5-7-8(9)6-4-2/h5-7H,3-4H2,1-2H3/b7-5-,8-6-. The van der Waals surface area contributed by atoms with E-state index in [9.17, 15) is 4.39 Å². The molecule has 0 aliphatic carbocycles. The highest BCUT2D eigenvalue weighted by Gasteiger charge is 1.81. The quantitative estimate of drug-likeness (QED) is 0.512. The van der Waals surface area contributed by atoms with Gasteiger partial charge in [0.1, 0.15) is 5.83 Å². The molecule has 52 valence electrons. The molecule has 0 aromatic carbocycles. The fraction of sp³-hybridized carbons (Fsp3) is 0.500. The first-order chi connectivity index (χ1) is 4.31. The zero-order valence-corrected chi connectivity index (χ0v) is 6.02. The molecule has 0 aromatic rings. The van der Waals surface area contributed by atoms with E-state index in [-0.39, 0.29) is 5.83 Å². The van der Waals surface area contributed by atoms with Crippen molar-refractivity contribution in [2.45, 2.75) is 26.7 Å². The molecule has 0 nitrogen and oxygen atoms in total. The molecule has 0 saturated carbocycles. The van der Waals surface area contributed by atoms with E-state index >= 15 is 0 Å². The minimum Gasteiger partial charge on any atom is -0.207 e. The van der Waals surface area contributed by atoms with E-state index in [1.165, 1.54) is 6.08 Å². The Kier molecular flexibility index (Phi) is 5.18. The van der Waals surface area contributed by atoms with Gasteiger partial charge in [0.2, 0.25) is 0 Å². The van der Waals surface area contributed by atoms with Crippen LogP contribution in [-0.2, 0) is 0 Å². The van der Waals surface area contributed by atoms with Crippen molar-refractivity contribution in [3.8, 4) is 0 Å². The molecule has 0 saturated heterocycles. The third kappa shape index (κ3) is 5.28. The number of hydrogen-bond donors (Lipinski definition) is 0. The molecule has 0 N–H and O–H groups in total. The van der Waals surface area contributed by atoms with Gasteiger partial charge in [0.25, 0.3) is 0 Å². The lowest BCUT2D eigenvalue weighted by atomic mass is 10.3. The normalized spacial score (nSPS) is 13.0. The second kappa shape index (κ2) is 5.54. The van der Waals surface area contributed by atoms with Crippen molar-refractivity contribution in [1.29, 1.82) is 0 Å². The molecular weight excluding hydrogens is 115 g/mol. The smallest absolute Gasteiger partial charge is 0.118 e. The van der Waals surface area contributed by atoms with Crippen LogP contribution in [0.15, 0.2) is 24.1 Å². The van der Waals surface area contributed by atoms with Gasteiger partial charge in [-0.1, -0.05) is 19.9 Å². The lowest BCUT2D eigenvalue weighted by molar-refractivity contribution is 0.660. The summed E-state index contributed by atoms with van der Waals surface area (Å²) in [5.74, 6) is -0.126. The Labute approximate surface area is 56.1 Å². The predicted octanol–water partition coefficient (Wildman–Crippen LogP) is 3.22. The van der Waals surface area contributed by atoms with Gasteiger partial charge in [0.15, 0.2) is 0 Å². The number of hydrogen-bond acceptors (Lipinski definition) is 0.